The van der Waals surface area contributed by atoms with Crippen LogP contribution in [0.1, 0.15) is 22.6 Å². The molecule has 3 heteroatoms. The highest BCUT2D eigenvalue weighted by atomic mass is 19.1. The number of halogens is 1. The normalized spacial score (nSPS) is 18.8. The Morgan fingerprint density at radius 3 is 2.24 bits per heavy atom. The number of nitrogens with two attached hydrogens (primary N) is 1. The summed E-state index contributed by atoms with van der Waals surface area (Å²) in [5, 5.41) is 0. The van der Waals surface area contributed by atoms with Crippen molar-refractivity contribution in [2.45, 2.75) is 24.8 Å². The van der Waals surface area contributed by atoms with Gasteiger partial charge in [0.1, 0.15) is 17.3 Å². The Hall–Kier alpha value is -2.65. The van der Waals surface area contributed by atoms with E-state index in [1.807, 2.05) is 12.1 Å². The summed E-state index contributed by atoms with van der Waals surface area (Å²) in [4.78, 5) is 0. The van der Waals surface area contributed by atoms with Gasteiger partial charge in [0.2, 0.25) is 0 Å². The van der Waals surface area contributed by atoms with Gasteiger partial charge in [-0.05, 0) is 65.9 Å². The number of hydrogen-bond acceptors (Lipinski definition) is 2. The van der Waals surface area contributed by atoms with E-state index in [1.54, 1.807) is 12.1 Å². The number of ether oxygens (including phenoxy) is 1. The second-order valence-electron chi connectivity index (χ2n) is 6.58. The van der Waals surface area contributed by atoms with E-state index >= 15 is 0 Å². The molecule has 0 aliphatic heterocycles. The van der Waals surface area contributed by atoms with Crippen molar-refractivity contribution in [3.63, 3.8) is 0 Å². The van der Waals surface area contributed by atoms with Gasteiger partial charge >= 0.3 is 0 Å². The summed E-state index contributed by atoms with van der Waals surface area (Å²) < 4.78 is 18.7. The van der Waals surface area contributed by atoms with Gasteiger partial charge in [0.05, 0.1) is 0 Å². The molecule has 2 N–H and O–H groups in total. The van der Waals surface area contributed by atoms with E-state index in [0.29, 0.717) is 11.7 Å². The largest absolute Gasteiger partial charge is 0.457 e. The van der Waals surface area contributed by atoms with Crippen LogP contribution in [0.2, 0.25) is 0 Å². The Labute approximate surface area is 147 Å². The van der Waals surface area contributed by atoms with Gasteiger partial charge in [0.25, 0.3) is 0 Å². The third-order valence-electron chi connectivity index (χ3n) is 4.86. The SMILES string of the molecule is N[C@@H]1Cc2ccccc2[C@@H]1Cc1ccc(Oc2ccc(F)cc2)cc1. The van der Waals surface area contributed by atoms with Crippen LogP contribution >= 0.6 is 0 Å². The highest BCUT2D eigenvalue weighted by Gasteiger charge is 2.29. The van der Waals surface area contributed by atoms with E-state index in [0.717, 1.165) is 18.6 Å². The molecule has 0 saturated carbocycles. The lowest BCUT2D eigenvalue weighted by Crippen LogP contribution is -2.26. The fraction of sp³-hybridized carbons (Fsp3) is 0.182. The van der Waals surface area contributed by atoms with Crippen molar-refractivity contribution < 1.29 is 9.13 Å². The van der Waals surface area contributed by atoms with E-state index in [4.69, 9.17) is 10.5 Å². The molecule has 0 heterocycles. The van der Waals surface area contributed by atoms with Gasteiger partial charge in [0.15, 0.2) is 0 Å². The maximum Gasteiger partial charge on any atom is 0.127 e. The van der Waals surface area contributed by atoms with Gasteiger partial charge in [-0.2, -0.15) is 0 Å². The van der Waals surface area contributed by atoms with Crippen molar-refractivity contribution in [3.05, 3.63) is 95.3 Å². The molecule has 0 amide bonds. The van der Waals surface area contributed by atoms with Crippen molar-refractivity contribution >= 4 is 0 Å². The maximum absolute atomic E-state index is 12.9. The summed E-state index contributed by atoms with van der Waals surface area (Å²) in [5.74, 6) is 1.46. The molecule has 3 aromatic rings. The summed E-state index contributed by atoms with van der Waals surface area (Å²) >= 11 is 0. The van der Waals surface area contributed by atoms with E-state index in [-0.39, 0.29) is 11.9 Å². The number of fused-ring (bicyclic) bond motifs is 1. The van der Waals surface area contributed by atoms with Crippen LogP contribution in [0.3, 0.4) is 0 Å². The molecule has 0 bridgehead atoms. The van der Waals surface area contributed by atoms with Crippen molar-refractivity contribution in [1.29, 1.82) is 0 Å². The van der Waals surface area contributed by atoms with E-state index < -0.39 is 0 Å². The first-order valence-corrected chi connectivity index (χ1v) is 8.55. The molecular weight excluding hydrogens is 313 g/mol. The minimum atomic E-state index is -0.268. The molecule has 0 saturated heterocycles. The lowest BCUT2D eigenvalue weighted by molar-refractivity contribution is 0.480. The van der Waals surface area contributed by atoms with Crippen LogP contribution in [0.5, 0.6) is 11.5 Å². The quantitative estimate of drug-likeness (QED) is 0.742. The Morgan fingerprint density at radius 1 is 0.880 bits per heavy atom. The topological polar surface area (TPSA) is 35.2 Å². The fourth-order valence-corrected chi connectivity index (χ4v) is 3.56. The minimum Gasteiger partial charge on any atom is -0.457 e. The molecule has 0 fully saturated rings. The molecule has 0 aromatic heterocycles. The first kappa shape index (κ1) is 15.9. The predicted octanol–water partition coefficient (Wildman–Crippen LogP) is 4.83. The first-order valence-electron chi connectivity index (χ1n) is 8.55. The van der Waals surface area contributed by atoms with Crippen molar-refractivity contribution in [3.8, 4) is 11.5 Å². The van der Waals surface area contributed by atoms with Crippen LogP contribution in [0.4, 0.5) is 4.39 Å². The zero-order valence-corrected chi connectivity index (χ0v) is 13.9. The monoisotopic (exact) mass is 333 g/mol. The molecule has 2 nitrogen and oxygen atoms in total. The third-order valence-corrected chi connectivity index (χ3v) is 4.86. The predicted molar refractivity (Wildman–Crippen MR) is 97.5 cm³/mol. The van der Waals surface area contributed by atoms with Crippen LogP contribution < -0.4 is 10.5 Å². The van der Waals surface area contributed by atoms with Gasteiger partial charge in [-0.3, -0.25) is 0 Å². The fourth-order valence-electron chi connectivity index (χ4n) is 3.56. The Bertz CT molecular complexity index is 858. The summed E-state index contributed by atoms with van der Waals surface area (Å²) in [6, 6.07) is 22.8. The number of benzene rings is 3. The van der Waals surface area contributed by atoms with Crippen LogP contribution in [-0.4, -0.2) is 6.04 Å². The highest BCUT2D eigenvalue weighted by molar-refractivity contribution is 5.40. The molecule has 4 rings (SSSR count). The van der Waals surface area contributed by atoms with E-state index in [1.165, 1.54) is 28.8 Å². The van der Waals surface area contributed by atoms with Gasteiger partial charge < -0.3 is 10.5 Å². The van der Waals surface area contributed by atoms with Crippen LogP contribution in [0, 0.1) is 5.82 Å². The number of hydrogen-bond donors (Lipinski definition) is 1. The van der Waals surface area contributed by atoms with E-state index in [2.05, 4.69) is 36.4 Å². The van der Waals surface area contributed by atoms with Crippen molar-refractivity contribution in [2.75, 3.05) is 0 Å². The first-order chi connectivity index (χ1) is 12.2. The Kier molecular flexibility index (Phi) is 4.24. The van der Waals surface area contributed by atoms with Gasteiger partial charge in [-0.15, -0.1) is 0 Å². The summed E-state index contributed by atoms with van der Waals surface area (Å²) in [5.41, 5.74) is 10.4. The molecule has 3 aromatic carbocycles. The van der Waals surface area contributed by atoms with Crippen molar-refractivity contribution in [2.24, 2.45) is 5.73 Å². The molecule has 1 aliphatic carbocycles. The Morgan fingerprint density at radius 2 is 1.52 bits per heavy atom. The molecule has 2 atom stereocenters. The average molecular weight is 333 g/mol. The second-order valence-corrected chi connectivity index (χ2v) is 6.58. The summed E-state index contributed by atoms with van der Waals surface area (Å²) in [6.45, 7) is 0. The van der Waals surface area contributed by atoms with Gasteiger partial charge in [0, 0.05) is 12.0 Å². The second kappa shape index (κ2) is 6.69. The molecular formula is C22H20FNO. The van der Waals surface area contributed by atoms with E-state index in [9.17, 15) is 4.39 Å². The minimum absolute atomic E-state index is 0.174. The maximum atomic E-state index is 12.9. The van der Waals surface area contributed by atoms with Crippen LogP contribution in [-0.2, 0) is 12.8 Å². The van der Waals surface area contributed by atoms with Crippen LogP contribution in [0.25, 0.3) is 0 Å². The zero-order valence-electron chi connectivity index (χ0n) is 13.9. The van der Waals surface area contributed by atoms with Gasteiger partial charge in [-0.1, -0.05) is 36.4 Å². The molecule has 0 spiro atoms. The van der Waals surface area contributed by atoms with Crippen molar-refractivity contribution in [1.82, 2.24) is 0 Å². The van der Waals surface area contributed by atoms with Crippen LogP contribution in [0.15, 0.2) is 72.8 Å². The number of rotatable bonds is 4. The van der Waals surface area contributed by atoms with Gasteiger partial charge in [-0.25, -0.2) is 4.39 Å². The zero-order chi connectivity index (χ0) is 17.2. The summed E-state index contributed by atoms with van der Waals surface area (Å²) in [6.07, 6.45) is 1.88. The average Bonchev–Trinajstić information content (AvgIpc) is 2.94. The molecule has 0 unspecified atom stereocenters. The molecule has 1 aliphatic rings. The lowest BCUT2D eigenvalue weighted by atomic mass is 9.91. The summed E-state index contributed by atoms with van der Waals surface area (Å²) in [7, 11) is 0. The lowest BCUT2D eigenvalue weighted by Gasteiger charge is -2.17. The third kappa shape index (κ3) is 3.42. The molecule has 0 radical (unpaired) electrons. The molecule has 25 heavy (non-hydrogen) atoms. The highest BCUT2D eigenvalue weighted by Crippen LogP contribution is 2.35. The standard InChI is InChI=1S/C22H20FNO/c23-17-7-11-19(12-8-17)25-18-9-5-15(6-10-18)13-21-20-4-2-1-3-16(20)14-22(21)24/h1-12,21-22H,13-14,24H2/t21-,22+/m0/s1. The Balaban J connectivity index is 1.46. The smallest absolute Gasteiger partial charge is 0.127 e. The molecule has 126 valence electrons.